The summed E-state index contributed by atoms with van der Waals surface area (Å²) in [5.74, 6) is 0. The zero-order valence-corrected chi connectivity index (χ0v) is 14.4. The van der Waals surface area contributed by atoms with Crippen molar-refractivity contribution in [3.8, 4) is 0 Å². The SMILES string of the molecule is CC(C)n1ncc(CBr)c1Sc1cc(Cl)cc(Cl)c1. The van der Waals surface area contributed by atoms with Gasteiger partial charge in [-0.1, -0.05) is 50.9 Å². The Hall–Kier alpha value is -0.160. The van der Waals surface area contributed by atoms with Gasteiger partial charge in [-0.05, 0) is 32.0 Å². The van der Waals surface area contributed by atoms with Crippen LogP contribution in [-0.4, -0.2) is 9.78 Å². The summed E-state index contributed by atoms with van der Waals surface area (Å²) in [6.45, 7) is 4.22. The van der Waals surface area contributed by atoms with Crippen LogP contribution in [0.15, 0.2) is 34.3 Å². The first-order valence-corrected chi connectivity index (χ1v) is 8.47. The number of aromatic nitrogens is 2. The van der Waals surface area contributed by atoms with Crippen molar-refractivity contribution < 1.29 is 0 Å². The van der Waals surface area contributed by atoms with Crippen molar-refractivity contribution >= 4 is 50.9 Å². The summed E-state index contributed by atoms with van der Waals surface area (Å²) < 4.78 is 2.01. The molecule has 0 atom stereocenters. The fraction of sp³-hybridized carbons (Fsp3) is 0.308. The van der Waals surface area contributed by atoms with Gasteiger partial charge in [0.25, 0.3) is 0 Å². The number of nitrogens with zero attached hydrogens (tertiary/aromatic N) is 2. The molecular formula is C13H13BrCl2N2S. The van der Waals surface area contributed by atoms with Crippen LogP contribution in [0.2, 0.25) is 10.0 Å². The normalized spacial score (nSPS) is 11.3. The van der Waals surface area contributed by atoms with E-state index < -0.39 is 0 Å². The van der Waals surface area contributed by atoms with Crippen molar-refractivity contribution in [2.24, 2.45) is 0 Å². The molecule has 102 valence electrons. The number of hydrogen-bond acceptors (Lipinski definition) is 2. The molecule has 0 N–H and O–H groups in total. The van der Waals surface area contributed by atoms with Crippen molar-refractivity contribution in [1.29, 1.82) is 0 Å². The van der Waals surface area contributed by atoms with Crippen LogP contribution in [0.5, 0.6) is 0 Å². The average molecular weight is 380 g/mol. The standard InChI is InChI=1S/C13H13BrCl2N2S/c1-8(2)18-13(9(6-14)7-17-18)19-12-4-10(15)3-11(16)5-12/h3-5,7-8H,6H2,1-2H3. The lowest BCUT2D eigenvalue weighted by atomic mass is 10.4. The summed E-state index contributed by atoms with van der Waals surface area (Å²) in [6.07, 6.45) is 1.89. The summed E-state index contributed by atoms with van der Waals surface area (Å²) in [4.78, 5) is 1.02. The number of hydrogen-bond donors (Lipinski definition) is 0. The average Bonchev–Trinajstić information content (AvgIpc) is 2.70. The summed E-state index contributed by atoms with van der Waals surface area (Å²) in [7, 11) is 0. The Labute approximate surface area is 135 Å². The van der Waals surface area contributed by atoms with E-state index in [-0.39, 0.29) is 0 Å². The van der Waals surface area contributed by atoms with Crippen molar-refractivity contribution in [3.05, 3.63) is 40.0 Å². The number of alkyl halides is 1. The van der Waals surface area contributed by atoms with Gasteiger partial charge >= 0.3 is 0 Å². The van der Waals surface area contributed by atoms with E-state index in [1.54, 1.807) is 17.8 Å². The van der Waals surface area contributed by atoms with Crippen molar-refractivity contribution in [2.45, 2.75) is 35.1 Å². The second-order valence-electron chi connectivity index (χ2n) is 4.35. The Balaban J connectivity index is 2.39. The zero-order valence-electron chi connectivity index (χ0n) is 10.5. The van der Waals surface area contributed by atoms with Gasteiger partial charge in [0.05, 0.1) is 6.20 Å². The fourth-order valence-corrected chi connectivity index (χ4v) is 4.11. The Morgan fingerprint density at radius 3 is 2.42 bits per heavy atom. The second-order valence-corrected chi connectivity index (χ2v) is 6.85. The molecule has 2 aromatic rings. The lowest BCUT2D eigenvalue weighted by Crippen LogP contribution is -2.04. The first-order chi connectivity index (χ1) is 9.01. The molecule has 1 aromatic carbocycles. The van der Waals surface area contributed by atoms with Crippen LogP contribution in [-0.2, 0) is 5.33 Å². The molecule has 19 heavy (non-hydrogen) atoms. The minimum atomic E-state index is 0.310. The van der Waals surface area contributed by atoms with E-state index in [9.17, 15) is 0 Å². The molecule has 6 heteroatoms. The molecule has 0 spiro atoms. The number of halogens is 3. The van der Waals surface area contributed by atoms with E-state index in [0.717, 1.165) is 20.8 Å². The van der Waals surface area contributed by atoms with Gasteiger partial charge in [0.2, 0.25) is 0 Å². The summed E-state index contributed by atoms with van der Waals surface area (Å²) in [6, 6.07) is 5.87. The molecule has 0 aliphatic carbocycles. The minimum Gasteiger partial charge on any atom is -0.256 e. The maximum atomic E-state index is 6.04. The van der Waals surface area contributed by atoms with E-state index in [1.807, 2.05) is 23.0 Å². The van der Waals surface area contributed by atoms with E-state index in [0.29, 0.717) is 16.1 Å². The summed E-state index contributed by atoms with van der Waals surface area (Å²) in [5.41, 5.74) is 1.16. The predicted molar refractivity (Wildman–Crippen MR) is 85.8 cm³/mol. The molecular weight excluding hydrogens is 367 g/mol. The third kappa shape index (κ3) is 3.69. The number of benzene rings is 1. The van der Waals surface area contributed by atoms with E-state index in [2.05, 4.69) is 34.9 Å². The Kier molecular flexibility index (Phi) is 5.23. The van der Waals surface area contributed by atoms with Gasteiger partial charge in [-0.15, -0.1) is 0 Å². The molecule has 0 aliphatic heterocycles. The molecule has 0 unspecified atom stereocenters. The lowest BCUT2D eigenvalue weighted by molar-refractivity contribution is 0.492. The van der Waals surface area contributed by atoms with Crippen LogP contribution in [0.3, 0.4) is 0 Å². The highest BCUT2D eigenvalue weighted by Gasteiger charge is 2.14. The molecule has 0 fully saturated rings. The Bertz CT molecular complexity index is 564. The number of rotatable bonds is 4. The van der Waals surface area contributed by atoms with Crippen LogP contribution in [0, 0.1) is 0 Å². The summed E-state index contributed by atoms with van der Waals surface area (Å²) in [5, 5.41) is 7.61. The Morgan fingerprint density at radius 2 is 1.89 bits per heavy atom. The third-order valence-electron chi connectivity index (χ3n) is 2.50. The van der Waals surface area contributed by atoms with Gasteiger partial charge in [-0.25, -0.2) is 0 Å². The van der Waals surface area contributed by atoms with Crippen LogP contribution in [0.1, 0.15) is 25.5 Å². The molecule has 0 amide bonds. The molecule has 0 radical (unpaired) electrons. The van der Waals surface area contributed by atoms with E-state index in [4.69, 9.17) is 23.2 Å². The lowest BCUT2D eigenvalue weighted by Gasteiger charge is -2.12. The van der Waals surface area contributed by atoms with Crippen LogP contribution >= 0.6 is 50.9 Å². The first-order valence-electron chi connectivity index (χ1n) is 5.77. The van der Waals surface area contributed by atoms with Crippen molar-refractivity contribution in [1.82, 2.24) is 9.78 Å². The van der Waals surface area contributed by atoms with Crippen LogP contribution < -0.4 is 0 Å². The van der Waals surface area contributed by atoms with Gasteiger partial charge < -0.3 is 0 Å². The molecule has 2 rings (SSSR count). The highest BCUT2D eigenvalue weighted by Crippen LogP contribution is 2.35. The first kappa shape index (κ1) is 15.2. The highest BCUT2D eigenvalue weighted by molar-refractivity contribution is 9.08. The molecule has 0 bridgehead atoms. The van der Waals surface area contributed by atoms with E-state index in [1.165, 1.54) is 0 Å². The molecule has 0 aliphatic rings. The van der Waals surface area contributed by atoms with Gasteiger partial charge in [0, 0.05) is 31.9 Å². The van der Waals surface area contributed by atoms with Gasteiger partial charge in [-0.3, -0.25) is 4.68 Å². The fourth-order valence-electron chi connectivity index (χ4n) is 1.66. The van der Waals surface area contributed by atoms with Crippen LogP contribution in [0.4, 0.5) is 0 Å². The largest absolute Gasteiger partial charge is 0.256 e. The second kappa shape index (κ2) is 6.53. The smallest absolute Gasteiger partial charge is 0.103 e. The van der Waals surface area contributed by atoms with E-state index >= 15 is 0 Å². The molecule has 1 heterocycles. The maximum absolute atomic E-state index is 6.04. The topological polar surface area (TPSA) is 17.8 Å². The zero-order chi connectivity index (χ0) is 14.0. The van der Waals surface area contributed by atoms with Gasteiger partial charge in [0.1, 0.15) is 5.03 Å². The molecule has 0 saturated heterocycles. The molecule has 1 aromatic heterocycles. The van der Waals surface area contributed by atoms with Gasteiger partial charge in [0.15, 0.2) is 0 Å². The monoisotopic (exact) mass is 378 g/mol. The maximum Gasteiger partial charge on any atom is 0.103 e. The molecule has 0 saturated carbocycles. The van der Waals surface area contributed by atoms with Gasteiger partial charge in [-0.2, -0.15) is 5.10 Å². The molecule has 2 nitrogen and oxygen atoms in total. The highest BCUT2D eigenvalue weighted by atomic mass is 79.9. The third-order valence-corrected chi connectivity index (χ3v) is 4.66. The quantitative estimate of drug-likeness (QED) is 0.623. The minimum absolute atomic E-state index is 0.310. The van der Waals surface area contributed by atoms with Crippen molar-refractivity contribution in [2.75, 3.05) is 0 Å². The Morgan fingerprint density at radius 1 is 1.26 bits per heavy atom. The van der Waals surface area contributed by atoms with Crippen molar-refractivity contribution in [3.63, 3.8) is 0 Å². The predicted octanol–water partition coefficient (Wildman–Crippen LogP) is 5.82. The van der Waals surface area contributed by atoms with Crippen LogP contribution in [0.25, 0.3) is 0 Å². The summed E-state index contributed by atoms with van der Waals surface area (Å²) >= 11 is 17.2.